The van der Waals surface area contributed by atoms with E-state index in [9.17, 15) is 0 Å². The molecule has 0 heterocycles. The predicted molar refractivity (Wildman–Crippen MR) is 71.9 cm³/mol. The zero-order valence-electron chi connectivity index (χ0n) is 11.3. The molecule has 1 rings (SSSR count). The number of hydrogen-bond acceptors (Lipinski definition) is 2. The molecule has 0 spiro atoms. The summed E-state index contributed by atoms with van der Waals surface area (Å²) in [4.78, 5) is 2.73. The van der Waals surface area contributed by atoms with Crippen molar-refractivity contribution in [2.45, 2.75) is 64.8 Å². The average Bonchev–Trinajstić information content (AvgIpc) is 3.11. The Morgan fingerprint density at radius 2 is 1.75 bits per heavy atom. The van der Waals surface area contributed by atoms with E-state index in [1.807, 2.05) is 0 Å². The Kier molecular flexibility index (Phi) is 7.87. The van der Waals surface area contributed by atoms with Gasteiger partial charge in [0.1, 0.15) is 0 Å². The van der Waals surface area contributed by atoms with Crippen LogP contribution in [-0.4, -0.2) is 37.1 Å². The maximum Gasteiger partial charge on any atom is 0.00964 e. The lowest BCUT2D eigenvalue weighted by Crippen LogP contribution is -2.28. The van der Waals surface area contributed by atoms with Crippen molar-refractivity contribution in [2.24, 2.45) is 0 Å². The van der Waals surface area contributed by atoms with E-state index in [2.05, 4.69) is 24.1 Å². The summed E-state index contributed by atoms with van der Waals surface area (Å²) in [5.41, 5.74) is 0. The molecular weight excluding hydrogens is 196 g/mol. The molecule has 0 radical (unpaired) electrons. The first-order valence-corrected chi connectivity index (χ1v) is 7.33. The predicted octanol–water partition coefficient (Wildman–Crippen LogP) is 3.03. The number of nitrogens with zero attached hydrogens (tertiary/aromatic N) is 1. The van der Waals surface area contributed by atoms with Crippen LogP contribution < -0.4 is 5.32 Å². The largest absolute Gasteiger partial charge is 0.317 e. The Bertz CT molecular complexity index is 155. The smallest absolute Gasteiger partial charge is 0.00964 e. The molecule has 1 aliphatic rings. The third-order valence-electron chi connectivity index (χ3n) is 3.41. The Hall–Kier alpha value is -0.0800. The summed E-state index contributed by atoms with van der Waals surface area (Å²) in [5, 5.41) is 3.39. The third-order valence-corrected chi connectivity index (χ3v) is 3.41. The van der Waals surface area contributed by atoms with Crippen molar-refractivity contribution in [1.29, 1.82) is 0 Å². The van der Waals surface area contributed by atoms with Crippen LogP contribution in [0.5, 0.6) is 0 Å². The molecule has 0 bridgehead atoms. The van der Waals surface area contributed by atoms with Gasteiger partial charge >= 0.3 is 0 Å². The Morgan fingerprint density at radius 3 is 2.38 bits per heavy atom. The first-order chi connectivity index (χ1) is 7.88. The molecule has 0 aromatic heterocycles. The molecule has 0 aliphatic heterocycles. The first kappa shape index (κ1) is 14.0. The minimum atomic E-state index is 0.959. The number of rotatable bonds is 11. The molecule has 16 heavy (non-hydrogen) atoms. The van der Waals surface area contributed by atoms with Crippen LogP contribution in [0.1, 0.15) is 58.8 Å². The highest BCUT2D eigenvalue weighted by molar-refractivity contribution is 4.84. The Labute approximate surface area is 102 Å². The monoisotopic (exact) mass is 226 g/mol. The summed E-state index contributed by atoms with van der Waals surface area (Å²) in [5.74, 6) is 0. The highest BCUT2D eigenvalue weighted by Crippen LogP contribution is 2.27. The van der Waals surface area contributed by atoms with E-state index in [-0.39, 0.29) is 0 Å². The van der Waals surface area contributed by atoms with E-state index in [1.54, 1.807) is 0 Å². The van der Waals surface area contributed by atoms with Crippen LogP contribution in [-0.2, 0) is 0 Å². The van der Waals surface area contributed by atoms with Gasteiger partial charge in [-0.05, 0) is 58.3 Å². The van der Waals surface area contributed by atoms with Gasteiger partial charge in [0.2, 0.25) is 0 Å². The standard InChI is InChI=1S/C14H30N2/c1-3-5-12-16(14-9-10-14)13-8-6-7-11-15-4-2/h14-15H,3-13H2,1-2H3. The normalized spacial score (nSPS) is 15.9. The third kappa shape index (κ3) is 6.49. The minimum absolute atomic E-state index is 0.959. The fourth-order valence-corrected chi connectivity index (χ4v) is 2.20. The second-order valence-corrected chi connectivity index (χ2v) is 5.03. The lowest BCUT2D eigenvalue weighted by atomic mass is 10.2. The van der Waals surface area contributed by atoms with Gasteiger partial charge in [-0.1, -0.05) is 26.7 Å². The number of unbranched alkanes of at least 4 members (excludes halogenated alkanes) is 3. The van der Waals surface area contributed by atoms with E-state index in [4.69, 9.17) is 0 Å². The van der Waals surface area contributed by atoms with E-state index >= 15 is 0 Å². The molecule has 0 unspecified atom stereocenters. The summed E-state index contributed by atoms with van der Waals surface area (Å²) >= 11 is 0. The highest BCUT2D eigenvalue weighted by atomic mass is 15.2. The van der Waals surface area contributed by atoms with Crippen molar-refractivity contribution in [3.05, 3.63) is 0 Å². The SMILES string of the molecule is CCCCN(CCCCCNCC)C1CC1. The van der Waals surface area contributed by atoms with E-state index < -0.39 is 0 Å². The van der Waals surface area contributed by atoms with Crippen molar-refractivity contribution in [3.63, 3.8) is 0 Å². The topological polar surface area (TPSA) is 15.3 Å². The second kappa shape index (κ2) is 9.00. The van der Waals surface area contributed by atoms with Crippen LogP contribution in [0.15, 0.2) is 0 Å². The Balaban J connectivity index is 1.95. The van der Waals surface area contributed by atoms with Crippen LogP contribution in [0.4, 0.5) is 0 Å². The molecular formula is C14H30N2. The van der Waals surface area contributed by atoms with Crippen molar-refractivity contribution >= 4 is 0 Å². The molecule has 0 amide bonds. The van der Waals surface area contributed by atoms with Crippen molar-refractivity contribution in [2.75, 3.05) is 26.2 Å². The summed E-state index contributed by atoms with van der Waals surface area (Å²) in [6.07, 6.45) is 9.77. The van der Waals surface area contributed by atoms with Gasteiger partial charge in [-0.15, -0.1) is 0 Å². The van der Waals surface area contributed by atoms with Gasteiger partial charge < -0.3 is 10.2 Å². The van der Waals surface area contributed by atoms with Gasteiger partial charge in [-0.25, -0.2) is 0 Å². The fourth-order valence-electron chi connectivity index (χ4n) is 2.20. The molecule has 0 saturated heterocycles. The molecule has 96 valence electrons. The van der Waals surface area contributed by atoms with Gasteiger partial charge in [0, 0.05) is 6.04 Å². The van der Waals surface area contributed by atoms with E-state index in [1.165, 1.54) is 64.6 Å². The lowest BCUT2D eigenvalue weighted by Gasteiger charge is -2.21. The maximum atomic E-state index is 3.39. The summed E-state index contributed by atoms with van der Waals surface area (Å²) in [7, 11) is 0. The van der Waals surface area contributed by atoms with Crippen LogP contribution in [0.25, 0.3) is 0 Å². The zero-order chi connectivity index (χ0) is 11.6. The number of hydrogen-bond donors (Lipinski definition) is 1. The van der Waals surface area contributed by atoms with Crippen LogP contribution >= 0.6 is 0 Å². The molecule has 1 fully saturated rings. The highest BCUT2D eigenvalue weighted by Gasteiger charge is 2.27. The van der Waals surface area contributed by atoms with Crippen molar-refractivity contribution in [1.82, 2.24) is 10.2 Å². The van der Waals surface area contributed by atoms with Gasteiger partial charge in [-0.3, -0.25) is 0 Å². The van der Waals surface area contributed by atoms with E-state index in [0.717, 1.165) is 12.6 Å². The van der Waals surface area contributed by atoms with E-state index in [0.29, 0.717) is 0 Å². The van der Waals surface area contributed by atoms with Crippen molar-refractivity contribution < 1.29 is 0 Å². The van der Waals surface area contributed by atoms with Gasteiger partial charge in [0.15, 0.2) is 0 Å². The summed E-state index contributed by atoms with van der Waals surface area (Å²) < 4.78 is 0. The molecule has 0 atom stereocenters. The molecule has 2 nitrogen and oxygen atoms in total. The molecule has 2 heteroatoms. The van der Waals surface area contributed by atoms with Gasteiger partial charge in [-0.2, -0.15) is 0 Å². The van der Waals surface area contributed by atoms with Crippen LogP contribution in [0, 0.1) is 0 Å². The molecule has 0 aromatic rings. The molecule has 1 saturated carbocycles. The molecule has 1 aliphatic carbocycles. The van der Waals surface area contributed by atoms with Crippen LogP contribution in [0.3, 0.4) is 0 Å². The van der Waals surface area contributed by atoms with Crippen LogP contribution in [0.2, 0.25) is 0 Å². The lowest BCUT2D eigenvalue weighted by molar-refractivity contribution is 0.253. The van der Waals surface area contributed by atoms with Crippen molar-refractivity contribution in [3.8, 4) is 0 Å². The average molecular weight is 226 g/mol. The second-order valence-electron chi connectivity index (χ2n) is 5.03. The molecule has 1 N–H and O–H groups in total. The molecule has 0 aromatic carbocycles. The summed E-state index contributed by atoms with van der Waals surface area (Å²) in [6.45, 7) is 9.48. The number of nitrogens with one attached hydrogen (secondary N) is 1. The maximum absolute atomic E-state index is 3.39. The quantitative estimate of drug-likeness (QED) is 0.545. The minimum Gasteiger partial charge on any atom is -0.317 e. The van der Waals surface area contributed by atoms with Gasteiger partial charge in [0.25, 0.3) is 0 Å². The fraction of sp³-hybridized carbons (Fsp3) is 1.00. The first-order valence-electron chi connectivity index (χ1n) is 7.33. The van der Waals surface area contributed by atoms with Gasteiger partial charge in [0.05, 0.1) is 0 Å². The summed E-state index contributed by atoms with van der Waals surface area (Å²) in [6, 6.07) is 0.959. The Morgan fingerprint density at radius 1 is 1.00 bits per heavy atom. The zero-order valence-corrected chi connectivity index (χ0v) is 11.3.